The molecule has 2 atom stereocenters. The Kier molecular flexibility index (Phi) is 11.9. The van der Waals surface area contributed by atoms with Gasteiger partial charge in [0.05, 0.1) is 46.3 Å². The van der Waals surface area contributed by atoms with E-state index in [2.05, 4.69) is 20.9 Å². The SMILES string of the molecule is COc1cc2c(c(OC)c1OC)-c1ccc(NCC(CC(=O)NCCN3CCOCC3)c3ccccc3)c(=O)cc1[C@@H](NC(C)=O)CC2. The van der Waals surface area contributed by atoms with Crippen LogP contribution < -0.4 is 35.6 Å². The van der Waals surface area contributed by atoms with E-state index in [4.69, 9.17) is 18.9 Å². The Bertz CT molecular complexity index is 1640. The molecule has 3 aromatic carbocycles. The first-order valence-corrected chi connectivity index (χ1v) is 16.5. The highest BCUT2D eigenvalue weighted by atomic mass is 16.5. The van der Waals surface area contributed by atoms with E-state index in [1.807, 2.05) is 42.5 Å². The van der Waals surface area contributed by atoms with Crippen molar-refractivity contribution < 1.29 is 28.5 Å². The molecule has 0 spiro atoms. The van der Waals surface area contributed by atoms with Gasteiger partial charge in [-0.2, -0.15) is 0 Å². The molecule has 2 amide bonds. The molecule has 1 aliphatic heterocycles. The largest absolute Gasteiger partial charge is 0.493 e. The predicted octanol–water partition coefficient (Wildman–Crippen LogP) is 3.90. The number of rotatable bonds is 13. The number of ether oxygens (including phenoxy) is 4. The van der Waals surface area contributed by atoms with Crippen molar-refractivity contribution in [2.45, 2.75) is 38.1 Å². The summed E-state index contributed by atoms with van der Waals surface area (Å²) in [6.45, 7) is 6.35. The zero-order chi connectivity index (χ0) is 34.0. The lowest BCUT2D eigenvalue weighted by molar-refractivity contribution is -0.121. The molecule has 1 unspecified atom stereocenters. The molecule has 11 heteroatoms. The maximum atomic E-state index is 13.8. The zero-order valence-electron chi connectivity index (χ0n) is 28.2. The topological polar surface area (TPSA) is 127 Å². The molecule has 1 saturated heterocycles. The molecular weight excluding hydrogens is 612 g/mol. The van der Waals surface area contributed by atoms with Gasteiger partial charge in [-0.25, -0.2) is 0 Å². The Balaban J connectivity index is 1.44. The number of morpholine rings is 1. The van der Waals surface area contributed by atoms with E-state index >= 15 is 0 Å². The minimum Gasteiger partial charge on any atom is -0.493 e. The fourth-order valence-corrected chi connectivity index (χ4v) is 6.59. The van der Waals surface area contributed by atoms with E-state index in [1.54, 1.807) is 33.5 Å². The number of benzene rings is 2. The van der Waals surface area contributed by atoms with Crippen LogP contribution in [0.15, 0.2) is 59.4 Å². The van der Waals surface area contributed by atoms with Gasteiger partial charge in [-0.3, -0.25) is 19.3 Å². The van der Waals surface area contributed by atoms with E-state index in [0.29, 0.717) is 67.6 Å². The van der Waals surface area contributed by atoms with Crippen molar-refractivity contribution in [2.75, 3.05) is 72.6 Å². The Labute approximate surface area is 281 Å². The molecule has 0 radical (unpaired) electrons. The minimum atomic E-state index is -0.405. The monoisotopic (exact) mass is 658 g/mol. The Morgan fingerprint density at radius 1 is 0.979 bits per heavy atom. The molecule has 1 aliphatic carbocycles. The van der Waals surface area contributed by atoms with Crippen molar-refractivity contribution in [3.05, 3.63) is 81.5 Å². The van der Waals surface area contributed by atoms with Gasteiger partial charge in [-0.05, 0) is 53.3 Å². The van der Waals surface area contributed by atoms with Gasteiger partial charge in [0.15, 0.2) is 11.5 Å². The van der Waals surface area contributed by atoms with Gasteiger partial charge in [0.1, 0.15) is 0 Å². The summed E-state index contributed by atoms with van der Waals surface area (Å²) < 4.78 is 22.6. The quantitative estimate of drug-likeness (QED) is 0.251. The molecule has 1 heterocycles. The van der Waals surface area contributed by atoms with Crippen LogP contribution in [0.5, 0.6) is 17.2 Å². The van der Waals surface area contributed by atoms with Crippen molar-refractivity contribution in [1.82, 2.24) is 15.5 Å². The van der Waals surface area contributed by atoms with Crippen LogP contribution in [0, 0.1) is 0 Å². The fraction of sp³-hybridized carbons (Fsp3) is 0.432. The summed E-state index contributed by atoms with van der Waals surface area (Å²) in [4.78, 5) is 41.5. The average molecular weight is 659 g/mol. The van der Waals surface area contributed by atoms with E-state index in [1.165, 1.54) is 6.92 Å². The number of nitrogens with zero attached hydrogens (tertiary/aromatic N) is 1. The molecule has 5 rings (SSSR count). The number of hydrogen-bond donors (Lipinski definition) is 3. The number of methoxy groups -OCH3 is 3. The highest BCUT2D eigenvalue weighted by Crippen LogP contribution is 2.50. The first-order valence-electron chi connectivity index (χ1n) is 16.5. The minimum absolute atomic E-state index is 0.0437. The van der Waals surface area contributed by atoms with Crippen LogP contribution >= 0.6 is 0 Å². The van der Waals surface area contributed by atoms with Crippen LogP contribution in [0.3, 0.4) is 0 Å². The van der Waals surface area contributed by atoms with Crippen molar-refractivity contribution in [3.63, 3.8) is 0 Å². The third kappa shape index (κ3) is 8.26. The number of fused-ring (bicyclic) bond motifs is 3. The summed E-state index contributed by atoms with van der Waals surface area (Å²) in [6, 6.07) is 16.6. The van der Waals surface area contributed by atoms with Crippen LogP contribution in [-0.2, 0) is 20.7 Å². The molecule has 0 saturated carbocycles. The van der Waals surface area contributed by atoms with Crippen LogP contribution in [0.2, 0.25) is 0 Å². The van der Waals surface area contributed by atoms with Gasteiger partial charge in [0.2, 0.25) is 23.0 Å². The maximum Gasteiger partial charge on any atom is 0.220 e. The van der Waals surface area contributed by atoms with Gasteiger partial charge in [-0.1, -0.05) is 36.4 Å². The van der Waals surface area contributed by atoms with Crippen LogP contribution in [0.25, 0.3) is 11.1 Å². The summed E-state index contributed by atoms with van der Waals surface area (Å²) >= 11 is 0. The first-order chi connectivity index (χ1) is 23.3. The first kappa shape index (κ1) is 34.7. The van der Waals surface area contributed by atoms with Crippen LogP contribution in [-0.4, -0.2) is 84.0 Å². The van der Waals surface area contributed by atoms with Crippen molar-refractivity contribution in [2.24, 2.45) is 0 Å². The molecule has 0 bridgehead atoms. The Morgan fingerprint density at radius 2 is 1.73 bits per heavy atom. The van der Waals surface area contributed by atoms with Crippen molar-refractivity contribution in [1.29, 1.82) is 0 Å². The number of anilines is 1. The summed E-state index contributed by atoms with van der Waals surface area (Å²) in [7, 11) is 4.71. The Hall–Kier alpha value is -4.61. The lowest BCUT2D eigenvalue weighted by atomic mass is 9.95. The molecule has 11 nitrogen and oxygen atoms in total. The molecule has 0 aromatic heterocycles. The fourth-order valence-electron chi connectivity index (χ4n) is 6.59. The van der Waals surface area contributed by atoms with Crippen molar-refractivity contribution >= 4 is 17.5 Å². The maximum absolute atomic E-state index is 13.8. The van der Waals surface area contributed by atoms with Crippen molar-refractivity contribution in [3.8, 4) is 28.4 Å². The molecule has 1 fully saturated rings. The van der Waals surface area contributed by atoms with Crippen LogP contribution in [0.4, 0.5) is 5.69 Å². The number of nitrogens with one attached hydrogen (secondary N) is 3. The predicted molar refractivity (Wildman–Crippen MR) is 185 cm³/mol. The normalized spacial score (nSPS) is 16.4. The summed E-state index contributed by atoms with van der Waals surface area (Å²) in [5.74, 6) is 1.07. The molecule has 3 N–H and O–H groups in total. The smallest absolute Gasteiger partial charge is 0.220 e. The highest BCUT2D eigenvalue weighted by Gasteiger charge is 2.29. The van der Waals surface area contributed by atoms with E-state index in [9.17, 15) is 14.4 Å². The van der Waals surface area contributed by atoms with Gasteiger partial charge in [-0.15, -0.1) is 0 Å². The molecular formula is C37H46N4O7. The standard InChI is InChI=1S/C37H46N4O7/c1-24(42)40-30-12-10-26-20-33(45-2)36(46-3)37(47-4)35(26)28-11-13-31(32(43)22-29(28)30)39-23-27(25-8-6-5-7-9-25)21-34(44)38-14-15-41-16-18-48-19-17-41/h5-9,11,13,20,22,27,30H,10,12,14-19,21,23H2,1-4H3,(H,38,44)(H,39,43)(H,40,42)/t27?,30-/m0/s1. The molecule has 3 aromatic rings. The summed E-state index contributed by atoms with van der Waals surface area (Å²) in [5.41, 5.74) is 4.35. The van der Waals surface area contributed by atoms with Gasteiger partial charge >= 0.3 is 0 Å². The molecule has 48 heavy (non-hydrogen) atoms. The Morgan fingerprint density at radius 3 is 2.42 bits per heavy atom. The van der Waals surface area contributed by atoms with E-state index in [-0.39, 0.29) is 29.6 Å². The van der Waals surface area contributed by atoms with Gasteiger partial charge in [0, 0.05) is 57.5 Å². The highest BCUT2D eigenvalue weighted by molar-refractivity contribution is 5.84. The third-order valence-corrected chi connectivity index (χ3v) is 9.01. The van der Waals surface area contributed by atoms with E-state index < -0.39 is 6.04 Å². The summed E-state index contributed by atoms with van der Waals surface area (Å²) in [6.07, 6.45) is 1.45. The number of hydrogen-bond acceptors (Lipinski definition) is 9. The number of carbonyl (C=O) groups excluding carboxylic acids is 2. The second-order valence-corrected chi connectivity index (χ2v) is 12.1. The second-order valence-electron chi connectivity index (χ2n) is 12.1. The zero-order valence-corrected chi connectivity index (χ0v) is 28.2. The summed E-state index contributed by atoms with van der Waals surface area (Å²) in [5, 5.41) is 9.47. The van der Waals surface area contributed by atoms with Gasteiger partial charge in [0.25, 0.3) is 0 Å². The molecule has 256 valence electrons. The average Bonchev–Trinajstić information content (AvgIpc) is 3.34. The number of aryl methyl sites for hydroxylation is 1. The third-order valence-electron chi connectivity index (χ3n) is 9.01. The van der Waals surface area contributed by atoms with Crippen LogP contribution in [0.1, 0.15) is 48.4 Å². The number of amides is 2. The van der Waals surface area contributed by atoms with Gasteiger partial charge < -0.3 is 34.9 Å². The number of carbonyl (C=O) groups is 2. The van der Waals surface area contributed by atoms with E-state index in [0.717, 1.165) is 41.9 Å². The lowest BCUT2D eigenvalue weighted by Crippen LogP contribution is -2.41. The lowest BCUT2D eigenvalue weighted by Gasteiger charge is -2.26. The molecule has 2 aliphatic rings. The second kappa shape index (κ2) is 16.5.